The highest BCUT2D eigenvalue weighted by Gasteiger charge is 2.46. The number of carbonyl (C=O) groups excluding carboxylic acids is 2. The van der Waals surface area contributed by atoms with Crippen molar-refractivity contribution in [1.29, 1.82) is 0 Å². The zero-order valence-electron chi connectivity index (χ0n) is 14.8. The molecule has 2 aliphatic rings. The SMILES string of the molecule is CCOC(=O)/C=C/[C@H]1[C@@H](OC(=O)c2ccccc2)C[C@@H]2CC[C@H]1N2C. The smallest absolute Gasteiger partial charge is 0.338 e. The van der Waals surface area contributed by atoms with E-state index in [1.807, 2.05) is 24.3 Å². The van der Waals surface area contributed by atoms with Gasteiger partial charge < -0.3 is 9.47 Å². The maximum absolute atomic E-state index is 12.5. The Bertz CT molecular complexity index is 642. The lowest BCUT2D eigenvalue weighted by atomic mass is 9.87. The lowest BCUT2D eigenvalue weighted by Crippen LogP contribution is -2.49. The maximum Gasteiger partial charge on any atom is 0.338 e. The van der Waals surface area contributed by atoms with Crippen molar-refractivity contribution in [2.75, 3.05) is 13.7 Å². The van der Waals surface area contributed by atoms with Crippen LogP contribution in [0.15, 0.2) is 42.5 Å². The molecule has 0 amide bonds. The molecule has 0 aliphatic carbocycles. The Labute approximate surface area is 148 Å². The summed E-state index contributed by atoms with van der Waals surface area (Å²) in [6, 6.07) is 9.77. The fourth-order valence-electron chi connectivity index (χ4n) is 4.00. The molecule has 0 spiro atoms. The van der Waals surface area contributed by atoms with Gasteiger partial charge in [-0.05, 0) is 38.9 Å². The second-order valence-corrected chi connectivity index (χ2v) is 6.70. The highest BCUT2D eigenvalue weighted by Crippen LogP contribution is 2.40. The van der Waals surface area contributed by atoms with Gasteiger partial charge in [-0.1, -0.05) is 24.3 Å². The van der Waals surface area contributed by atoms with Crippen LogP contribution in [0.25, 0.3) is 0 Å². The number of hydrogen-bond acceptors (Lipinski definition) is 5. The summed E-state index contributed by atoms with van der Waals surface area (Å²) < 4.78 is 10.8. The molecule has 2 heterocycles. The van der Waals surface area contributed by atoms with Crippen molar-refractivity contribution in [3.63, 3.8) is 0 Å². The van der Waals surface area contributed by atoms with Crippen LogP contribution in [0.2, 0.25) is 0 Å². The molecule has 1 aromatic carbocycles. The van der Waals surface area contributed by atoms with Gasteiger partial charge in [-0.25, -0.2) is 9.59 Å². The molecule has 2 fully saturated rings. The number of ether oxygens (including phenoxy) is 2. The Morgan fingerprint density at radius 2 is 2.00 bits per heavy atom. The fraction of sp³-hybridized carbons (Fsp3) is 0.500. The molecule has 2 saturated heterocycles. The molecule has 0 unspecified atom stereocenters. The molecule has 0 saturated carbocycles. The predicted molar refractivity (Wildman–Crippen MR) is 94.1 cm³/mol. The van der Waals surface area contributed by atoms with Crippen LogP contribution >= 0.6 is 0 Å². The van der Waals surface area contributed by atoms with Gasteiger partial charge >= 0.3 is 11.9 Å². The minimum Gasteiger partial charge on any atom is -0.463 e. The number of nitrogens with zero attached hydrogens (tertiary/aromatic N) is 1. The van der Waals surface area contributed by atoms with Crippen molar-refractivity contribution in [2.45, 2.75) is 44.4 Å². The Hall–Kier alpha value is -2.14. The van der Waals surface area contributed by atoms with E-state index >= 15 is 0 Å². The molecule has 1 aromatic rings. The minimum absolute atomic E-state index is 0.000758. The predicted octanol–water partition coefficient (Wildman–Crippen LogP) is 2.81. The summed E-state index contributed by atoms with van der Waals surface area (Å²) >= 11 is 0. The van der Waals surface area contributed by atoms with E-state index in [-0.39, 0.29) is 30.0 Å². The summed E-state index contributed by atoms with van der Waals surface area (Å²) in [6.07, 6.45) is 6.08. The molecule has 0 aromatic heterocycles. The first-order valence-corrected chi connectivity index (χ1v) is 8.93. The first-order valence-electron chi connectivity index (χ1n) is 8.93. The average molecular weight is 343 g/mol. The van der Waals surface area contributed by atoms with Gasteiger partial charge in [0.2, 0.25) is 0 Å². The van der Waals surface area contributed by atoms with Crippen LogP contribution in [0.3, 0.4) is 0 Å². The zero-order chi connectivity index (χ0) is 17.8. The quantitative estimate of drug-likeness (QED) is 0.608. The number of carbonyl (C=O) groups is 2. The van der Waals surface area contributed by atoms with Crippen LogP contribution in [-0.2, 0) is 14.3 Å². The van der Waals surface area contributed by atoms with E-state index in [1.54, 1.807) is 19.1 Å². The number of esters is 2. The number of rotatable bonds is 5. The van der Waals surface area contributed by atoms with Gasteiger partial charge in [0.1, 0.15) is 6.10 Å². The third-order valence-corrected chi connectivity index (χ3v) is 5.28. The molecule has 0 radical (unpaired) electrons. The Morgan fingerprint density at radius 3 is 2.72 bits per heavy atom. The molecule has 3 rings (SSSR count). The molecule has 25 heavy (non-hydrogen) atoms. The number of hydrogen-bond donors (Lipinski definition) is 0. The lowest BCUT2D eigenvalue weighted by molar-refractivity contribution is -0.137. The first-order chi connectivity index (χ1) is 12.1. The van der Waals surface area contributed by atoms with Crippen molar-refractivity contribution < 1.29 is 19.1 Å². The molecule has 134 valence electrons. The lowest BCUT2D eigenvalue weighted by Gasteiger charge is -2.41. The van der Waals surface area contributed by atoms with Gasteiger partial charge in [0, 0.05) is 30.5 Å². The number of piperidine rings is 1. The summed E-state index contributed by atoms with van der Waals surface area (Å²) in [4.78, 5) is 26.5. The molecule has 5 heteroatoms. The first kappa shape index (κ1) is 17.7. The Kier molecular flexibility index (Phi) is 5.53. The normalized spacial score (nSPS) is 28.9. The van der Waals surface area contributed by atoms with Crippen LogP contribution < -0.4 is 0 Å². The molecule has 0 N–H and O–H groups in total. The van der Waals surface area contributed by atoms with E-state index in [9.17, 15) is 9.59 Å². The van der Waals surface area contributed by atoms with Crippen LogP contribution in [0.1, 0.15) is 36.5 Å². The molecule has 2 bridgehead atoms. The van der Waals surface area contributed by atoms with Crippen molar-refractivity contribution in [3.05, 3.63) is 48.0 Å². The number of fused-ring (bicyclic) bond motifs is 2. The van der Waals surface area contributed by atoms with Gasteiger partial charge in [-0.3, -0.25) is 4.90 Å². The van der Waals surface area contributed by atoms with Crippen LogP contribution in [-0.4, -0.2) is 48.7 Å². The second kappa shape index (κ2) is 7.83. The average Bonchev–Trinajstić information content (AvgIpc) is 2.86. The molecule has 2 aliphatic heterocycles. The van der Waals surface area contributed by atoms with E-state index < -0.39 is 0 Å². The van der Waals surface area contributed by atoms with Gasteiger partial charge in [0.25, 0.3) is 0 Å². The monoisotopic (exact) mass is 343 g/mol. The summed E-state index contributed by atoms with van der Waals surface area (Å²) in [5, 5.41) is 0. The molecule has 5 nitrogen and oxygen atoms in total. The maximum atomic E-state index is 12.5. The minimum atomic E-state index is -0.349. The standard InChI is InChI=1S/C20H25NO4/c1-3-24-19(22)12-10-16-17-11-9-15(21(17)2)13-18(16)25-20(23)14-7-5-4-6-8-14/h4-8,10,12,15-18H,3,9,11,13H2,1-2H3/b12-10+/t15-,16+,17+,18-/m0/s1. The van der Waals surface area contributed by atoms with Crippen LogP contribution in [0.4, 0.5) is 0 Å². The van der Waals surface area contributed by atoms with Crippen molar-refractivity contribution in [1.82, 2.24) is 4.90 Å². The van der Waals surface area contributed by atoms with Crippen LogP contribution in [0.5, 0.6) is 0 Å². The van der Waals surface area contributed by atoms with Gasteiger partial charge in [-0.2, -0.15) is 0 Å². The van der Waals surface area contributed by atoms with Crippen molar-refractivity contribution in [3.8, 4) is 0 Å². The highest BCUT2D eigenvalue weighted by molar-refractivity contribution is 5.89. The van der Waals surface area contributed by atoms with Crippen molar-refractivity contribution >= 4 is 11.9 Å². The Morgan fingerprint density at radius 1 is 1.24 bits per heavy atom. The van der Waals surface area contributed by atoms with Crippen LogP contribution in [0, 0.1) is 5.92 Å². The fourth-order valence-corrected chi connectivity index (χ4v) is 4.00. The van der Waals surface area contributed by atoms with Gasteiger partial charge in [-0.15, -0.1) is 0 Å². The largest absolute Gasteiger partial charge is 0.463 e. The summed E-state index contributed by atoms with van der Waals surface area (Å²) in [7, 11) is 2.11. The highest BCUT2D eigenvalue weighted by atomic mass is 16.5. The van der Waals surface area contributed by atoms with E-state index in [0.717, 1.165) is 19.3 Å². The number of benzene rings is 1. The third-order valence-electron chi connectivity index (χ3n) is 5.28. The molecule has 4 atom stereocenters. The van der Waals surface area contributed by atoms with Gasteiger partial charge in [0.15, 0.2) is 0 Å². The second-order valence-electron chi connectivity index (χ2n) is 6.70. The summed E-state index contributed by atoms with van der Waals surface area (Å²) in [5.74, 6) is -0.650. The molecular weight excluding hydrogens is 318 g/mol. The van der Waals surface area contributed by atoms with E-state index in [0.29, 0.717) is 18.2 Å². The van der Waals surface area contributed by atoms with E-state index in [1.165, 1.54) is 6.08 Å². The third kappa shape index (κ3) is 3.93. The zero-order valence-corrected chi connectivity index (χ0v) is 14.8. The molecular formula is C20H25NO4. The summed E-state index contributed by atoms with van der Waals surface area (Å²) in [6.45, 7) is 2.14. The topological polar surface area (TPSA) is 55.8 Å². The van der Waals surface area contributed by atoms with E-state index in [4.69, 9.17) is 9.47 Å². The van der Waals surface area contributed by atoms with Crippen molar-refractivity contribution in [2.24, 2.45) is 5.92 Å². The van der Waals surface area contributed by atoms with Gasteiger partial charge in [0.05, 0.1) is 12.2 Å². The Balaban J connectivity index is 1.75. The summed E-state index contributed by atoms with van der Waals surface area (Å²) in [5.41, 5.74) is 0.557. The van der Waals surface area contributed by atoms with E-state index in [2.05, 4.69) is 11.9 Å².